The number of nitro groups is 1. The lowest BCUT2D eigenvalue weighted by molar-refractivity contribution is -0.483. The molecule has 6 nitrogen and oxygen atoms in total. The summed E-state index contributed by atoms with van der Waals surface area (Å²) in [6.45, 7) is 2.03. The van der Waals surface area contributed by atoms with Crippen LogP contribution in [0.4, 0.5) is 0 Å². The highest BCUT2D eigenvalue weighted by Gasteiger charge is 2.22. The van der Waals surface area contributed by atoms with E-state index in [9.17, 15) is 14.9 Å². The van der Waals surface area contributed by atoms with Gasteiger partial charge in [-0.15, -0.1) is 0 Å². The lowest BCUT2D eigenvalue weighted by Gasteiger charge is -2.14. The average molecular weight is 343 g/mol. The summed E-state index contributed by atoms with van der Waals surface area (Å²) in [5.41, 5.74) is 1.72. The predicted octanol–water partition coefficient (Wildman–Crippen LogP) is 3.58. The zero-order valence-corrected chi connectivity index (χ0v) is 14.1. The van der Waals surface area contributed by atoms with E-state index < -0.39 is 16.8 Å². The van der Waals surface area contributed by atoms with Crippen LogP contribution >= 0.6 is 0 Å². The van der Waals surface area contributed by atoms with E-state index in [4.69, 9.17) is 9.47 Å². The molecule has 1 unspecified atom stereocenters. The third-order valence-electron chi connectivity index (χ3n) is 3.67. The van der Waals surface area contributed by atoms with Crippen LogP contribution in [0.2, 0.25) is 0 Å². The summed E-state index contributed by atoms with van der Waals surface area (Å²) in [4.78, 5) is 22.3. The first kappa shape index (κ1) is 18.4. The molecule has 0 bridgehead atoms. The summed E-state index contributed by atoms with van der Waals surface area (Å²) in [6.07, 6.45) is -0.0308. The van der Waals surface area contributed by atoms with Crippen LogP contribution in [0, 0.1) is 10.1 Å². The quantitative estimate of drug-likeness (QED) is 0.395. The van der Waals surface area contributed by atoms with E-state index in [1.165, 1.54) is 0 Å². The third-order valence-corrected chi connectivity index (χ3v) is 3.67. The van der Waals surface area contributed by atoms with Crippen LogP contribution in [0.5, 0.6) is 5.75 Å². The van der Waals surface area contributed by atoms with E-state index in [2.05, 4.69) is 0 Å². The maximum atomic E-state index is 11.7. The summed E-state index contributed by atoms with van der Waals surface area (Å²) < 4.78 is 10.7. The second-order valence-electron chi connectivity index (χ2n) is 5.57. The number of hydrogen-bond donors (Lipinski definition) is 0. The topological polar surface area (TPSA) is 78.7 Å². The van der Waals surface area contributed by atoms with Crippen molar-refractivity contribution in [2.24, 2.45) is 0 Å². The Morgan fingerprint density at radius 3 is 2.60 bits per heavy atom. The van der Waals surface area contributed by atoms with Crippen molar-refractivity contribution in [2.75, 3.05) is 13.2 Å². The molecule has 2 aromatic carbocycles. The molecule has 0 heterocycles. The summed E-state index contributed by atoms with van der Waals surface area (Å²) >= 11 is 0. The second-order valence-corrected chi connectivity index (χ2v) is 5.57. The van der Waals surface area contributed by atoms with Gasteiger partial charge >= 0.3 is 5.97 Å². The lowest BCUT2D eigenvalue weighted by Crippen LogP contribution is -2.18. The highest BCUT2D eigenvalue weighted by Crippen LogP contribution is 2.25. The molecule has 0 aliphatic rings. The first-order chi connectivity index (χ1) is 12.1. The van der Waals surface area contributed by atoms with Crippen molar-refractivity contribution in [3.05, 3.63) is 75.8 Å². The van der Waals surface area contributed by atoms with E-state index in [1.807, 2.05) is 30.3 Å². The molecule has 1 atom stereocenters. The fourth-order valence-corrected chi connectivity index (χ4v) is 2.49. The van der Waals surface area contributed by atoms with Gasteiger partial charge in [-0.1, -0.05) is 42.5 Å². The van der Waals surface area contributed by atoms with Crippen LogP contribution in [0.25, 0.3) is 0 Å². The molecule has 0 aromatic heterocycles. The molecular weight excluding hydrogens is 322 g/mol. The molecule has 0 amide bonds. The highest BCUT2D eigenvalue weighted by molar-refractivity contribution is 5.70. The molecule has 132 valence electrons. The average Bonchev–Trinajstić information content (AvgIpc) is 2.60. The predicted molar refractivity (Wildman–Crippen MR) is 93.1 cm³/mol. The molecule has 0 aliphatic heterocycles. The number of carbonyl (C=O) groups excluding carboxylic acids is 1. The first-order valence-electron chi connectivity index (χ1n) is 8.12. The zero-order chi connectivity index (χ0) is 18.1. The summed E-state index contributed by atoms with van der Waals surface area (Å²) in [6, 6.07) is 16.8. The van der Waals surface area contributed by atoms with Gasteiger partial charge in [-0.25, -0.2) is 0 Å². The molecule has 0 radical (unpaired) electrons. The Kier molecular flexibility index (Phi) is 6.95. The van der Waals surface area contributed by atoms with E-state index >= 15 is 0 Å². The SMILES string of the molecule is CCOC(=O)CC(C[N+](=O)[O-])c1cccc(OCc2ccccc2)c1. The Balaban J connectivity index is 2.09. The minimum Gasteiger partial charge on any atom is -0.489 e. The van der Waals surface area contributed by atoms with Gasteiger partial charge in [0, 0.05) is 4.92 Å². The molecule has 0 aliphatic carbocycles. The number of ether oxygens (including phenoxy) is 2. The van der Waals surface area contributed by atoms with E-state index in [0.717, 1.165) is 5.56 Å². The maximum absolute atomic E-state index is 11.7. The number of benzene rings is 2. The third kappa shape index (κ3) is 6.25. The van der Waals surface area contributed by atoms with E-state index in [1.54, 1.807) is 31.2 Å². The minimum atomic E-state index is -0.547. The van der Waals surface area contributed by atoms with Gasteiger partial charge in [0.15, 0.2) is 0 Å². The molecule has 0 spiro atoms. The zero-order valence-electron chi connectivity index (χ0n) is 14.1. The maximum Gasteiger partial charge on any atom is 0.306 e. The lowest BCUT2D eigenvalue weighted by atomic mass is 9.95. The van der Waals surface area contributed by atoms with Gasteiger partial charge in [0.05, 0.1) is 18.9 Å². The standard InChI is InChI=1S/C19H21NO5/c1-2-24-19(21)12-17(13-20(22)23)16-9-6-10-18(11-16)25-14-15-7-4-3-5-8-15/h3-11,17H,2,12-14H2,1H3. The molecule has 25 heavy (non-hydrogen) atoms. The number of carbonyl (C=O) groups is 1. The molecule has 2 rings (SSSR count). The monoisotopic (exact) mass is 343 g/mol. The normalized spacial score (nSPS) is 11.6. The summed E-state index contributed by atoms with van der Waals surface area (Å²) in [5, 5.41) is 10.9. The molecule has 0 N–H and O–H groups in total. The van der Waals surface area contributed by atoms with E-state index in [0.29, 0.717) is 17.9 Å². The van der Waals surface area contributed by atoms with Crippen molar-refractivity contribution < 1.29 is 19.2 Å². The van der Waals surface area contributed by atoms with Crippen molar-refractivity contribution in [3.63, 3.8) is 0 Å². The van der Waals surface area contributed by atoms with Crippen LogP contribution in [0.1, 0.15) is 30.4 Å². The molecule has 6 heteroatoms. The van der Waals surface area contributed by atoms with Crippen molar-refractivity contribution >= 4 is 5.97 Å². The van der Waals surface area contributed by atoms with Gasteiger partial charge < -0.3 is 9.47 Å². The molecule has 0 fully saturated rings. The van der Waals surface area contributed by atoms with Gasteiger partial charge in [0.25, 0.3) is 0 Å². The Morgan fingerprint density at radius 2 is 1.92 bits per heavy atom. The largest absolute Gasteiger partial charge is 0.489 e. The van der Waals surface area contributed by atoms with Crippen molar-refractivity contribution in [1.82, 2.24) is 0 Å². The van der Waals surface area contributed by atoms with Crippen LogP contribution in [-0.4, -0.2) is 24.0 Å². The highest BCUT2D eigenvalue weighted by atomic mass is 16.6. The molecule has 2 aromatic rings. The number of nitrogens with zero attached hydrogens (tertiary/aromatic N) is 1. The Morgan fingerprint density at radius 1 is 1.16 bits per heavy atom. The van der Waals surface area contributed by atoms with Crippen LogP contribution in [0.3, 0.4) is 0 Å². The van der Waals surface area contributed by atoms with Gasteiger partial charge in [0.2, 0.25) is 6.54 Å². The summed E-state index contributed by atoms with van der Waals surface area (Å²) in [5.74, 6) is -0.377. The number of hydrogen-bond acceptors (Lipinski definition) is 5. The summed E-state index contributed by atoms with van der Waals surface area (Å²) in [7, 11) is 0. The number of esters is 1. The fourth-order valence-electron chi connectivity index (χ4n) is 2.49. The van der Waals surface area contributed by atoms with Crippen molar-refractivity contribution in [2.45, 2.75) is 25.9 Å². The van der Waals surface area contributed by atoms with Crippen LogP contribution in [0.15, 0.2) is 54.6 Å². The van der Waals surface area contributed by atoms with Crippen molar-refractivity contribution in [3.8, 4) is 5.75 Å². The first-order valence-corrected chi connectivity index (χ1v) is 8.12. The van der Waals surface area contributed by atoms with Crippen molar-refractivity contribution in [1.29, 1.82) is 0 Å². The van der Waals surface area contributed by atoms with Crippen LogP contribution < -0.4 is 4.74 Å². The van der Waals surface area contributed by atoms with Crippen LogP contribution in [-0.2, 0) is 16.1 Å². The van der Waals surface area contributed by atoms with Gasteiger partial charge in [-0.3, -0.25) is 14.9 Å². The smallest absolute Gasteiger partial charge is 0.306 e. The Hall–Kier alpha value is -2.89. The molecular formula is C19H21NO5. The second kappa shape index (κ2) is 9.42. The minimum absolute atomic E-state index is 0.0308. The fraction of sp³-hybridized carbons (Fsp3) is 0.316. The van der Waals surface area contributed by atoms with Gasteiger partial charge in [0.1, 0.15) is 12.4 Å². The van der Waals surface area contributed by atoms with Gasteiger partial charge in [-0.2, -0.15) is 0 Å². The molecule has 0 saturated carbocycles. The van der Waals surface area contributed by atoms with Gasteiger partial charge in [-0.05, 0) is 30.2 Å². The number of rotatable bonds is 9. The Labute approximate surface area is 146 Å². The van der Waals surface area contributed by atoms with E-state index in [-0.39, 0.29) is 19.6 Å². The molecule has 0 saturated heterocycles. The Bertz CT molecular complexity index is 702.